The van der Waals surface area contributed by atoms with Crippen molar-refractivity contribution in [3.63, 3.8) is 0 Å². The molecule has 20 heavy (non-hydrogen) atoms. The molecule has 3 saturated heterocycles. The first-order chi connectivity index (χ1) is 9.79. The number of hydrogen-bond donors (Lipinski definition) is 2. The van der Waals surface area contributed by atoms with E-state index in [-0.39, 0.29) is 0 Å². The summed E-state index contributed by atoms with van der Waals surface area (Å²) >= 11 is 6.03. The SMILES string of the molecule is Clc1ccc2c(CNC3CN4CCC3CC4)c[nH]c2c1. The maximum atomic E-state index is 6.03. The number of benzene rings is 1. The second-order valence-electron chi connectivity index (χ2n) is 6.13. The molecule has 4 heteroatoms. The van der Waals surface area contributed by atoms with Gasteiger partial charge in [0.15, 0.2) is 0 Å². The van der Waals surface area contributed by atoms with Crippen molar-refractivity contribution >= 4 is 22.5 Å². The molecule has 5 rings (SSSR count). The molecule has 0 amide bonds. The summed E-state index contributed by atoms with van der Waals surface area (Å²) in [7, 11) is 0. The molecule has 1 atom stereocenters. The summed E-state index contributed by atoms with van der Waals surface area (Å²) in [6.45, 7) is 4.76. The van der Waals surface area contributed by atoms with E-state index in [1.807, 2.05) is 12.1 Å². The summed E-state index contributed by atoms with van der Waals surface area (Å²) < 4.78 is 0. The molecule has 1 aromatic carbocycles. The fourth-order valence-corrected chi connectivity index (χ4v) is 3.91. The zero-order chi connectivity index (χ0) is 13.5. The number of hydrogen-bond acceptors (Lipinski definition) is 2. The predicted molar refractivity (Wildman–Crippen MR) is 83.1 cm³/mol. The molecule has 0 saturated carbocycles. The van der Waals surface area contributed by atoms with Gasteiger partial charge in [-0.15, -0.1) is 0 Å². The monoisotopic (exact) mass is 289 g/mol. The Labute approximate surface area is 124 Å². The third kappa shape index (κ3) is 2.24. The summed E-state index contributed by atoms with van der Waals surface area (Å²) in [5, 5.41) is 5.84. The molecule has 3 aliphatic heterocycles. The molecule has 2 aromatic rings. The normalized spacial score (nSPS) is 29.1. The molecule has 2 bridgehead atoms. The van der Waals surface area contributed by atoms with Gasteiger partial charge in [0.05, 0.1) is 0 Å². The lowest BCUT2D eigenvalue weighted by atomic mass is 9.84. The molecule has 1 aromatic heterocycles. The molecule has 0 aliphatic carbocycles. The van der Waals surface area contributed by atoms with E-state index in [1.165, 1.54) is 43.4 Å². The second kappa shape index (κ2) is 5.06. The maximum Gasteiger partial charge on any atom is 0.0472 e. The second-order valence-corrected chi connectivity index (χ2v) is 6.57. The zero-order valence-corrected chi connectivity index (χ0v) is 12.3. The van der Waals surface area contributed by atoms with Gasteiger partial charge >= 0.3 is 0 Å². The predicted octanol–water partition coefficient (Wildman–Crippen LogP) is 3.01. The van der Waals surface area contributed by atoms with Crippen molar-refractivity contribution < 1.29 is 0 Å². The van der Waals surface area contributed by atoms with Gasteiger partial charge in [-0.1, -0.05) is 17.7 Å². The van der Waals surface area contributed by atoms with Gasteiger partial charge in [-0.2, -0.15) is 0 Å². The quantitative estimate of drug-likeness (QED) is 0.910. The van der Waals surface area contributed by atoms with Crippen LogP contribution in [-0.4, -0.2) is 35.6 Å². The third-order valence-electron chi connectivity index (χ3n) is 4.94. The number of rotatable bonds is 3. The minimum absolute atomic E-state index is 0.662. The van der Waals surface area contributed by atoms with E-state index >= 15 is 0 Å². The Bertz CT molecular complexity index is 613. The fourth-order valence-electron chi connectivity index (χ4n) is 3.74. The van der Waals surface area contributed by atoms with Crippen LogP contribution in [0.5, 0.6) is 0 Å². The minimum Gasteiger partial charge on any atom is -0.361 e. The van der Waals surface area contributed by atoms with Crippen molar-refractivity contribution in [3.05, 3.63) is 35.0 Å². The molecule has 2 N–H and O–H groups in total. The molecular formula is C16H20ClN3. The summed E-state index contributed by atoms with van der Waals surface area (Å²) in [5.41, 5.74) is 2.47. The number of H-pyrrole nitrogens is 1. The number of nitrogens with zero attached hydrogens (tertiary/aromatic N) is 1. The van der Waals surface area contributed by atoms with Crippen LogP contribution in [0.4, 0.5) is 0 Å². The third-order valence-corrected chi connectivity index (χ3v) is 5.18. The van der Waals surface area contributed by atoms with E-state index < -0.39 is 0 Å². The lowest BCUT2D eigenvalue weighted by Crippen LogP contribution is -2.55. The number of nitrogens with one attached hydrogen (secondary N) is 2. The lowest BCUT2D eigenvalue weighted by molar-refractivity contribution is 0.0720. The highest BCUT2D eigenvalue weighted by Crippen LogP contribution is 2.28. The van der Waals surface area contributed by atoms with Crippen molar-refractivity contribution in [2.75, 3.05) is 19.6 Å². The average molecular weight is 290 g/mol. The van der Waals surface area contributed by atoms with Crippen LogP contribution < -0.4 is 5.32 Å². The Balaban J connectivity index is 1.48. The first kappa shape index (κ1) is 12.7. The highest BCUT2D eigenvalue weighted by molar-refractivity contribution is 6.31. The first-order valence-electron chi connectivity index (χ1n) is 7.51. The van der Waals surface area contributed by atoms with E-state index in [0.717, 1.165) is 23.0 Å². The molecule has 1 unspecified atom stereocenters. The van der Waals surface area contributed by atoms with Gasteiger partial charge in [-0.3, -0.25) is 0 Å². The van der Waals surface area contributed by atoms with Gasteiger partial charge < -0.3 is 15.2 Å². The Morgan fingerprint density at radius 2 is 2.15 bits per heavy atom. The van der Waals surface area contributed by atoms with Crippen molar-refractivity contribution in [2.45, 2.75) is 25.4 Å². The van der Waals surface area contributed by atoms with Gasteiger partial charge in [0.1, 0.15) is 0 Å². The molecule has 106 valence electrons. The maximum absolute atomic E-state index is 6.03. The number of aromatic amines is 1. The van der Waals surface area contributed by atoms with Crippen molar-refractivity contribution in [1.29, 1.82) is 0 Å². The van der Waals surface area contributed by atoms with Gasteiger partial charge in [0.2, 0.25) is 0 Å². The number of piperidine rings is 3. The summed E-state index contributed by atoms with van der Waals surface area (Å²) in [4.78, 5) is 5.91. The lowest BCUT2D eigenvalue weighted by Gasteiger charge is -2.45. The molecular weight excluding hydrogens is 270 g/mol. The molecule has 0 spiro atoms. The highest BCUT2D eigenvalue weighted by atomic mass is 35.5. The van der Waals surface area contributed by atoms with Gasteiger partial charge in [-0.05, 0) is 49.5 Å². The molecule has 3 aliphatic rings. The van der Waals surface area contributed by atoms with Crippen molar-refractivity contribution in [1.82, 2.24) is 15.2 Å². The number of fused-ring (bicyclic) bond motifs is 4. The molecule has 0 radical (unpaired) electrons. The van der Waals surface area contributed by atoms with Crippen molar-refractivity contribution in [3.8, 4) is 0 Å². The summed E-state index contributed by atoms with van der Waals surface area (Å²) in [6.07, 6.45) is 4.83. The average Bonchev–Trinajstić information content (AvgIpc) is 2.88. The smallest absolute Gasteiger partial charge is 0.0472 e. The van der Waals surface area contributed by atoms with E-state index in [1.54, 1.807) is 0 Å². The van der Waals surface area contributed by atoms with Gasteiger partial charge in [-0.25, -0.2) is 0 Å². The Morgan fingerprint density at radius 1 is 1.30 bits per heavy atom. The van der Waals surface area contributed by atoms with Crippen LogP contribution >= 0.6 is 11.6 Å². The fraction of sp³-hybridized carbons (Fsp3) is 0.500. The summed E-state index contributed by atoms with van der Waals surface area (Å²) in [6, 6.07) is 6.74. The Morgan fingerprint density at radius 3 is 2.90 bits per heavy atom. The van der Waals surface area contributed by atoms with Gasteiger partial charge in [0, 0.05) is 41.3 Å². The topological polar surface area (TPSA) is 31.1 Å². The van der Waals surface area contributed by atoms with Crippen LogP contribution in [0.1, 0.15) is 18.4 Å². The first-order valence-corrected chi connectivity index (χ1v) is 7.88. The minimum atomic E-state index is 0.662. The van der Waals surface area contributed by atoms with E-state index in [4.69, 9.17) is 11.6 Å². The van der Waals surface area contributed by atoms with Crippen molar-refractivity contribution in [2.24, 2.45) is 5.92 Å². The molecule has 3 fully saturated rings. The van der Waals surface area contributed by atoms with E-state index in [0.29, 0.717) is 6.04 Å². The largest absolute Gasteiger partial charge is 0.361 e. The van der Waals surface area contributed by atoms with E-state index in [2.05, 4.69) is 27.5 Å². The highest BCUT2D eigenvalue weighted by Gasteiger charge is 2.33. The molecule has 3 nitrogen and oxygen atoms in total. The van der Waals surface area contributed by atoms with Crippen LogP contribution in [0.2, 0.25) is 5.02 Å². The number of halogens is 1. The van der Waals surface area contributed by atoms with Crippen LogP contribution in [0, 0.1) is 5.92 Å². The standard InChI is InChI=1S/C16H20ClN3/c17-13-1-2-14-12(8-18-15(14)7-13)9-19-16-10-20-5-3-11(16)4-6-20/h1-2,7-8,11,16,18-19H,3-6,9-10H2. The number of aromatic nitrogens is 1. The van der Waals surface area contributed by atoms with Crippen LogP contribution in [-0.2, 0) is 6.54 Å². The Hall–Kier alpha value is -1.03. The Kier molecular flexibility index (Phi) is 3.21. The molecule has 4 heterocycles. The van der Waals surface area contributed by atoms with Gasteiger partial charge in [0.25, 0.3) is 0 Å². The summed E-state index contributed by atoms with van der Waals surface area (Å²) in [5.74, 6) is 0.875. The van der Waals surface area contributed by atoms with Crippen LogP contribution in [0.3, 0.4) is 0 Å². The van der Waals surface area contributed by atoms with E-state index in [9.17, 15) is 0 Å². The zero-order valence-electron chi connectivity index (χ0n) is 11.5. The van der Waals surface area contributed by atoms with Crippen LogP contribution in [0.15, 0.2) is 24.4 Å². The van der Waals surface area contributed by atoms with Crippen LogP contribution in [0.25, 0.3) is 10.9 Å².